The van der Waals surface area contributed by atoms with Gasteiger partial charge in [0.05, 0.1) is 17.0 Å². The van der Waals surface area contributed by atoms with Crippen LogP contribution in [-0.4, -0.2) is 9.97 Å². The van der Waals surface area contributed by atoms with E-state index in [9.17, 15) is 0 Å². The Bertz CT molecular complexity index is 784. The summed E-state index contributed by atoms with van der Waals surface area (Å²) in [7, 11) is 0. The number of rotatable bonds is 2. The highest BCUT2D eigenvalue weighted by molar-refractivity contribution is 7.13. The Morgan fingerprint density at radius 2 is 1.90 bits per heavy atom. The van der Waals surface area contributed by atoms with Gasteiger partial charge < -0.3 is 5.73 Å². The first-order valence-corrected chi connectivity index (χ1v) is 6.82. The van der Waals surface area contributed by atoms with Crippen LogP contribution in [0.4, 0.5) is 5.13 Å². The van der Waals surface area contributed by atoms with Crippen LogP contribution in [0, 0.1) is 11.3 Å². The molecule has 3 rings (SSSR count). The van der Waals surface area contributed by atoms with Gasteiger partial charge in [-0.25, -0.2) is 4.98 Å². The van der Waals surface area contributed by atoms with E-state index >= 15 is 0 Å². The molecule has 5 heteroatoms. The summed E-state index contributed by atoms with van der Waals surface area (Å²) in [5.74, 6) is 0. The summed E-state index contributed by atoms with van der Waals surface area (Å²) >= 11 is 1.42. The molecule has 3 aromatic rings. The van der Waals surface area contributed by atoms with Crippen molar-refractivity contribution in [2.75, 3.05) is 5.73 Å². The highest BCUT2D eigenvalue weighted by Crippen LogP contribution is 2.27. The number of hydrogen-bond acceptors (Lipinski definition) is 5. The van der Waals surface area contributed by atoms with Gasteiger partial charge in [-0.1, -0.05) is 18.2 Å². The molecular weight excluding hydrogens is 268 g/mol. The van der Waals surface area contributed by atoms with Crippen LogP contribution in [0.5, 0.6) is 0 Å². The van der Waals surface area contributed by atoms with Gasteiger partial charge in [0.15, 0.2) is 5.13 Å². The third-order valence-corrected chi connectivity index (χ3v) is 3.54. The van der Waals surface area contributed by atoms with Gasteiger partial charge in [-0.05, 0) is 18.2 Å². The zero-order valence-corrected chi connectivity index (χ0v) is 11.3. The van der Waals surface area contributed by atoms with Crippen LogP contribution in [0.1, 0.15) is 5.56 Å². The zero-order chi connectivity index (χ0) is 13.9. The number of hydrogen-bond donors (Lipinski definition) is 1. The van der Waals surface area contributed by atoms with Crippen molar-refractivity contribution in [3.05, 3.63) is 53.5 Å². The lowest BCUT2D eigenvalue weighted by molar-refractivity contribution is 1.30. The minimum absolute atomic E-state index is 0.553. The van der Waals surface area contributed by atoms with E-state index in [1.165, 1.54) is 11.3 Å². The van der Waals surface area contributed by atoms with E-state index in [0.717, 1.165) is 22.5 Å². The molecule has 0 amide bonds. The topological polar surface area (TPSA) is 75.6 Å². The molecule has 2 N–H and O–H groups in total. The second-order valence-electron chi connectivity index (χ2n) is 4.20. The van der Waals surface area contributed by atoms with Gasteiger partial charge in [0.25, 0.3) is 0 Å². The highest BCUT2D eigenvalue weighted by atomic mass is 32.1. The number of aromatic nitrogens is 2. The smallest absolute Gasteiger partial charge is 0.180 e. The standard InChI is InChI=1S/C15H10N4S/c16-7-10-4-5-13(18-8-10)11-2-1-3-12(6-11)14-9-20-15(17)19-14/h1-6,8-9H,(H2,17,19). The van der Waals surface area contributed by atoms with Gasteiger partial charge in [0.2, 0.25) is 0 Å². The van der Waals surface area contributed by atoms with Gasteiger partial charge in [-0.2, -0.15) is 5.26 Å². The molecule has 0 spiro atoms. The fourth-order valence-corrected chi connectivity index (χ4v) is 2.46. The molecule has 2 aromatic heterocycles. The van der Waals surface area contributed by atoms with E-state index in [1.807, 2.05) is 35.7 Å². The van der Waals surface area contributed by atoms with Gasteiger partial charge in [-0.15, -0.1) is 11.3 Å². The van der Waals surface area contributed by atoms with Crippen molar-refractivity contribution < 1.29 is 0 Å². The molecule has 0 aliphatic carbocycles. The Kier molecular flexibility index (Phi) is 3.15. The Morgan fingerprint density at radius 3 is 2.50 bits per heavy atom. The summed E-state index contributed by atoms with van der Waals surface area (Å²) in [6.45, 7) is 0. The van der Waals surface area contributed by atoms with Crippen LogP contribution in [0.2, 0.25) is 0 Å². The summed E-state index contributed by atoms with van der Waals surface area (Å²) < 4.78 is 0. The van der Waals surface area contributed by atoms with E-state index in [2.05, 4.69) is 16.0 Å². The molecule has 20 heavy (non-hydrogen) atoms. The first-order chi connectivity index (χ1) is 9.76. The van der Waals surface area contributed by atoms with E-state index in [0.29, 0.717) is 10.7 Å². The molecule has 2 heterocycles. The Hall–Kier alpha value is -2.71. The summed E-state index contributed by atoms with van der Waals surface area (Å²) in [5.41, 5.74) is 9.89. The van der Waals surface area contributed by atoms with E-state index < -0.39 is 0 Å². The van der Waals surface area contributed by atoms with Gasteiger partial charge >= 0.3 is 0 Å². The molecule has 0 fully saturated rings. The van der Waals surface area contributed by atoms with Gasteiger partial charge in [-0.3, -0.25) is 4.98 Å². The first-order valence-electron chi connectivity index (χ1n) is 5.94. The highest BCUT2D eigenvalue weighted by Gasteiger charge is 2.05. The number of pyridine rings is 1. The molecular formula is C15H10N4S. The van der Waals surface area contributed by atoms with Crippen LogP contribution in [0.3, 0.4) is 0 Å². The quantitative estimate of drug-likeness (QED) is 0.780. The third kappa shape index (κ3) is 2.37. The Balaban J connectivity index is 2.00. The average molecular weight is 278 g/mol. The lowest BCUT2D eigenvalue weighted by atomic mass is 10.1. The SMILES string of the molecule is N#Cc1ccc(-c2cccc(-c3csc(N)n3)c2)nc1. The maximum Gasteiger partial charge on any atom is 0.180 e. The number of benzene rings is 1. The average Bonchev–Trinajstić information content (AvgIpc) is 2.94. The van der Waals surface area contributed by atoms with Gasteiger partial charge in [0.1, 0.15) is 6.07 Å². The molecule has 0 unspecified atom stereocenters. The predicted molar refractivity (Wildman–Crippen MR) is 79.9 cm³/mol. The molecule has 0 aliphatic heterocycles. The molecule has 0 radical (unpaired) electrons. The monoisotopic (exact) mass is 278 g/mol. The summed E-state index contributed by atoms with van der Waals surface area (Å²) in [5, 5.41) is 11.3. The number of thiazole rings is 1. The second-order valence-corrected chi connectivity index (χ2v) is 5.09. The van der Waals surface area contributed by atoms with Gasteiger partial charge in [0, 0.05) is 22.7 Å². The minimum Gasteiger partial charge on any atom is -0.375 e. The van der Waals surface area contributed by atoms with Crippen molar-refractivity contribution in [1.29, 1.82) is 5.26 Å². The van der Waals surface area contributed by atoms with Crippen LogP contribution in [0.25, 0.3) is 22.5 Å². The Labute approximate surface area is 120 Å². The van der Waals surface area contributed by atoms with Crippen molar-refractivity contribution in [2.24, 2.45) is 0 Å². The summed E-state index contributed by atoms with van der Waals surface area (Å²) in [6.07, 6.45) is 1.57. The van der Waals surface area contributed by atoms with Crippen LogP contribution in [0.15, 0.2) is 48.0 Å². The van der Waals surface area contributed by atoms with Crippen LogP contribution in [-0.2, 0) is 0 Å². The number of nitrogens with zero attached hydrogens (tertiary/aromatic N) is 3. The lowest BCUT2D eigenvalue weighted by Crippen LogP contribution is -1.86. The fraction of sp³-hybridized carbons (Fsp3) is 0. The largest absolute Gasteiger partial charge is 0.375 e. The maximum atomic E-state index is 8.79. The zero-order valence-electron chi connectivity index (χ0n) is 10.4. The molecule has 0 saturated carbocycles. The van der Waals surface area contributed by atoms with E-state index in [-0.39, 0.29) is 0 Å². The number of nitrogen functional groups attached to an aromatic ring is 1. The number of nitrogens with two attached hydrogens (primary N) is 1. The van der Waals surface area contributed by atoms with Crippen molar-refractivity contribution in [3.8, 4) is 28.6 Å². The molecule has 1 aromatic carbocycles. The molecule has 0 aliphatic rings. The van der Waals surface area contributed by atoms with E-state index in [4.69, 9.17) is 11.0 Å². The lowest BCUT2D eigenvalue weighted by Gasteiger charge is -2.03. The fourth-order valence-electron chi connectivity index (χ4n) is 1.89. The molecule has 4 nitrogen and oxygen atoms in total. The molecule has 96 valence electrons. The van der Waals surface area contributed by atoms with Crippen molar-refractivity contribution in [2.45, 2.75) is 0 Å². The minimum atomic E-state index is 0.553. The van der Waals surface area contributed by atoms with E-state index in [1.54, 1.807) is 12.3 Å². The van der Waals surface area contributed by atoms with Crippen LogP contribution < -0.4 is 5.73 Å². The second kappa shape index (κ2) is 5.11. The maximum absolute atomic E-state index is 8.79. The van der Waals surface area contributed by atoms with Crippen molar-refractivity contribution >= 4 is 16.5 Å². The number of nitriles is 1. The third-order valence-electron chi connectivity index (χ3n) is 2.87. The number of anilines is 1. The normalized spacial score (nSPS) is 10.2. The molecule has 0 atom stereocenters. The first kappa shape index (κ1) is 12.3. The molecule has 0 saturated heterocycles. The molecule has 0 bridgehead atoms. The van der Waals surface area contributed by atoms with Crippen molar-refractivity contribution in [1.82, 2.24) is 9.97 Å². The summed E-state index contributed by atoms with van der Waals surface area (Å²) in [6, 6.07) is 13.6. The van der Waals surface area contributed by atoms with Crippen molar-refractivity contribution in [3.63, 3.8) is 0 Å². The van der Waals surface area contributed by atoms with Crippen LogP contribution >= 0.6 is 11.3 Å². The Morgan fingerprint density at radius 1 is 1.10 bits per heavy atom. The predicted octanol–water partition coefficient (Wildman–Crippen LogP) is 3.33. The summed E-state index contributed by atoms with van der Waals surface area (Å²) in [4.78, 5) is 8.57.